The lowest BCUT2D eigenvalue weighted by Gasteiger charge is -2.39. The smallest absolute Gasteiger partial charge is 0.311 e. The molecular formula is C13H19N3O3. The lowest BCUT2D eigenvalue weighted by Crippen LogP contribution is -2.50. The Bertz CT molecular complexity index is 458. The van der Waals surface area contributed by atoms with Crippen LogP contribution >= 0.6 is 0 Å². The van der Waals surface area contributed by atoms with Crippen LogP contribution in [0.15, 0.2) is 18.5 Å². The summed E-state index contributed by atoms with van der Waals surface area (Å²) in [5.74, 6) is -0.867. The Kier molecular flexibility index (Phi) is 3.87. The highest BCUT2D eigenvalue weighted by Gasteiger charge is 2.41. The first-order valence-corrected chi connectivity index (χ1v) is 6.56. The molecule has 19 heavy (non-hydrogen) atoms. The number of amides is 1. The van der Waals surface area contributed by atoms with Crippen LogP contribution in [0.4, 0.5) is 0 Å². The minimum absolute atomic E-state index is 0.0672. The van der Waals surface area contributed by atoms with Crippen molar-refractivity contribution in [3.8, 4) is 0 Å². The number of carbonyl (C=O) groups excluding carboxylic acids is 1. The third-order valence-electron chi connectivity index (χ3n) is 3.92. The van der Waals surface area contributed by atoms with Gasteiger partial charge in [-0.15, -0.1) is 0 Å². The number of hydrogen-bond acceptors (Lipinski definition) is 3. The van der Waals surface area contributed by atoms with Crippen LogP contribution < -0.4 is 0 Å². The summed E-state index contributed by atoms with van der Waals surface area (Å²) in [4.78, 5) is 25.3. The monoisotopic (exact) mass is 265 g/mol. The Morgan fingerprint density at radius 2 is 2.26 bits per heavy atom. The average Bonchev–Trinajstić information content (AvgIpc) is 2.91. The second kappa shape index (κ2) is 5.42. The maximum atomic E-state index is 12.2. The van der Waals surface area contributed by atoms with E-state index in [0.29, 0.717) is 25.9 Å². The molecule has 1 fully saturated rings. The van der Waals surface area contributed by atoms with Gasteiger partial charge in [0.15, 0.2) is 0 Å². The summed E-state index contributed by atoms with van der Waals surface area (Å²) in [6.45, 7) is 2.98. The molecule has 1 unspecified atom stereocenters. The molecule has 1 atom stereocenters. The molecule has 1 aliphatic heterocycles. The first-order chi connectivity index (χ1) is 9.07. The van der Waals surface area contributed by atoms with Crippen LogP contribution in [0.25, 0.3) is 0 Å². The zero-order chi connectivity index (χ0) is 13.9. The summed E-state index contributed by atoms with van der Waals surface area (Å²) in [6, 6.07) is 1.76. The number of carbonyl (C=O) groups is 2. The quantitative estimate of drug-likeness (QED) is 0.880. The molecule has 104 valence electrons. The Labute approximate surface area is 112 Å². The molecule has 0 radical (unpaired) electrons. The molecule has 2 heterocycles. The van der Waals surface area contributed by atoms with Crippen molar-refractivity contribution in [3.05, 3.63) is 18.5 Å². The van der Waals surface area contributed by atoms with Gasteiger partial charge in [0.2, 0.25) is 5.91 Å². The molecule has 0 aliphatic carbocycles. The molecule has 1 aliphatic rings. The van der Waals surface area contributed by atoms with E-state index < -0.39 is 11.4 Å². The number of piperidine rings is 1. The molecule has 6 nitrogen and oxygen atoms in total. The van der Waals surface area contributed by atoms with E-state index in [2.05, 4.69) is 5.10 Å². The molecule has 0 bridgehead atoms. The lowest BCUT2D eigenvalue weighted by molar-refractivity contribution is -0.155. The zero-order valence-corrected chi connectivity index (χ0v) is 11.1. The fourth-order valence-corrected chi connectivity index (χ4v) is 2.59. The Balaban J connectivity index is 2.04. The lowest BCUT2D eigenvalue weighted by atomic mass is 9.77. The second-order valence-electron chi connectivity index (χ2n) is 5.06. The fourth-order valence-electron chi connectivity index (χ4n) is 2.59. The zero-order valence-electron chi connectivity index (χ0n) is 11.1. The summed E-state index contributed by atoms with van der Waals surface area (Å²) in [7, 11) is 0. The van der Waals surface area contributed by atoms with E-state index in [4.69, 9.17) is 0 Å². The van der Waals surface area contributed by atoms with Gasteiger partial charge in [0.25, 0.3) is 0 Å². The van der Waals surface area contributed by atoms with Crippen molar-refractivity contribution in [1.82, 2.24) is 14.7 Å². The molecular weight excluding hydrogens is 246 g/mol. The van der Waals surface area contributed by atoms with Crippen molar-refractivity contribution in [1.29, 1.82) is 0 Å². The van der Waals surface area contributed by atoms with E-state index in [1.165, 1.54) is 0 Å². The van der Waals surface area contributed by atoms with Gasteiger partial charge in [-0.25, -0.2) is 0 Å². The molecule has 1 aromatic rings. The number of likely N-dealkylation sites (tertiary alicyclic amines) is 1. The van der Waals surface area contributed by atoms with Gasteiger partial charge in [0, 0.05) is 25.5 Å². The number of rotatable bonds is 4. The van der Waals surface area contributed by atoms with Gasteiger partial charge in [0.05, 0.1) is 5.41 Å². The summed E-state index contributed by atoms with van der Waals surface area (Å²) >= 11 is 0. The Morgan fingerprint density at radius 3 is 2.84 bits per heavy atom. The van der Waals surface area contributed by atoms with Crippen molar-refractivity contribution in [2.45, 2.75) is 32.7 Å². The van der Waals surface area contributed by atoms with Gasteiger partial charge < -0.3 is 10.0 Å². The molecule has 1 saturated heterocycles. The van der Waals surface area contributed by atoms with Crippen molar-refractivity contribution < 1.29 is 14.7 Å². The van der Waals surface area contributed by atoms with Crippen LogP contribution in [0, 0.1) is 5.41 Å². The predicted octanol–water partition coefficient (Wildman–Crippen LogP) is 0.986. The highest BCUT2D eigenvalue weighted by atomic mass is 16.4. The standard InChI is InChI=1S/C13H19N3O3/c1-2-13(12(18)19)5-3-7-15(10-13)11(17)9-16-8-4-6-14-16/h4,6,8H,2-3,5,7,9-10H2,1H3,(H,18,19). The van der Waals surface area contributed by atoms with E-state index in [9.17, 15) is 14.7 Å². The summed E-state index contributed by atoms with van der Waals surface area (Å²) in [6.07, 6.45) is 5.28. The van der Waals surface area contributed by atoms with Crippen LogP contribution in [0.1, 0.15) is 26.2 Å². The van der Waals surface area contributed by atoms with Crippen LogP contribution in [0.3, 0.4) is 0 Å². The highest BCUT2D eigenvalue weighted by Crippen LogP contribution is 2.33. The largest absolute Gasteiger partial charge is 0.481 e. The normalized spacial score (nSPS) is 23.3. The van der Waals surface area contributed by atoms with Crippen LogP contribution in [0.5, 0.6) is 0 Å². The second-order valence-corrected chi connectivity index (χ2v) is 5.06. The number of aromatic nitrogens is 2. The van der Waals surface area contributed by atoms with E-state index in [1.54, 1.807) is 28.0 Å². The SMILES string of the molecule is CCC1(C(=O)O)CCCN(C(=O)Cn2cccn2)C1. The molecule has 1 N–H and O–H groups in total. The fraction of sp³-hybridized carbons (Fsp3) is 0.615. The van der Waals surface area contributed by atoms with E-state index >= 15 is 0 Å². The molecule has 0 saturated carbocycles. The van der Waals surface area contributed by atoms with E-state index in [0.717, 1.165) is 6.42 Å². The summed E-state index contributed by atoms with van der Waals surface area (Å²) < 4.78 is 1.56. The van der Waals surface area contributed by atoms with Crippen molar-refractivity contribution >= 4 is 11.9 Å². The average molecular weight is 265 g/mol. The number of hydrogen-bond donors (Lipinski definition) is 1. The van der Waals surface area contributed by atoms with Gasteiger partial charge >= 0.3 is 5.97 Å². The molecule has 2 rings (SSSR count). The van der Waals surface area contributed by atoms with Crippen molar-refractivity contribution in [2.75, 3.05) is 13.1 Å². The number of carboxylic acid groups (broad SMARTS) is 1. The van der Waals surface area contributed by atoms with Gasteiger partial charge in [0.1, 0.15) is 6.54 Å². The number of carboxylic acids is 1. The molecule has 0 aromatic carbocycles. The molecule has 1 amide bonds. The van der Waals surface area contributed by atoms with Gasteiger partial charge in [-0.2, -0.15) is 5.10 Å². The Hall–Kier alpha value is -1.85. The van der Waals surface area contributed by atoms with Crippen molar-refractivity contribution in [2.24, 2.45) is 5.41 Å². The maximum absolute atomic E-state index is 12.2. The molecule has 0 spiro atoms. The predicted molar refractivity (Wildman–Crippen MR) is 68.4 cm³/mol. The maximum Gasteiger partial charge on any atom is 0.311 e. The van der Waals surface area contributed by atoms with Crippen LogP contribution in [-0.2, 0) is 16.1 Å². The van der Waals surface area contributed by atoms with Gasteiger partial charge in [-0.1, -0.05) is 6.92 Å². The number of nitrogens with zero attached hydrogens (tertiary/aromatic N) is 3. The van der Waals surface area contributed by atoms with Crippen molar-refractivity contribution in [3.63, 3.8) is 0 Å². The first-order valence-electron chi connectivity index (χ1n) is 6.56. The highest BCUT2D eigenvalue weighted by molar-refractivity contribution is 5.79. The third kappa shape index (κ3) is 2.77. The Morgan fingerprint density at radius 1 is 1.47 bits per heavy atom. The van der Waals surface area contributed by atoms with Crippen LogP contribution in [0.2, 0.25) is 0 Å². The minimum Gasteiger partial charge on any atom is -0.481 e. The summed E-state index contributed by atoms with van der Waals surface area (Å²) in [5, 5.41) is 13.4. The minimum atomic E-state index is -0.799. The number of aliphatic carboxylic acids is 1. The van der Waals surface area contributed by atoms with E-state index in [-0.39, 0.29) is 12.5 Å². The third-order valence-corrected chi connectivity index (χ3v) is 3.92. The first kappa shape index (κ1) is 13.6. The van der Waals surface area contributed by atoms with Gasteiger partial charge in [-0.3, -0.25) is 14.3 Å². The molecule has 1 aromatic heterocycles. The topological polar surface area (TPSA) is 75.4 Å². The molecule has 6 heteroatoms. The van der Waals surface area contributed by atoms with Crippen LogP contribution in [-0.4, -0.2) is 44.8 Å². The van der Waals surface area contributed by atoms with Gasteiger partial charge in [-0.05, 0) is 25.3 Å². The van der Waals surface area contributed by atoms with E-state index in [1.807, 2.05) is 6.92 Å². The summed E-state index contributed by atoms with van der Waals surface area (Å²) in [5.41, 5.74) is -0.780.